The molecule has 2 aliphatic rings. The molecule has 5 atom stereocenters. The van der Waals surface area contributed by atoms with E-state index in [4.69, 9.17) is 28.5 Å². The average molecular weight is 496 g/mol. The van der Waals surface area contributed by atoms with Crippen molar-refractivity contribution < 1.29 is 0 Å². The van der Waals surface area contributed by atoms with E-state index in [0.717, 1.165) is 18.1 Å². The van der Waals surface area contributed by atoms with E-state index in [1.807, 2.05) is 48.5 Å². The first-order chi connectivity index (χ1) is 15.0. The highest BCUT2D eigenvalue weighted by atomic mass is 35.5. The second-order valence-corrected chi connectivity index (χ2v) is 11.6. The summed E-state index contributed by atoms with van der Waals surface area (Å²) in [7, 11) is -0.178. The monoisotopic (exact) mass is 494 g/mol. The number of nitriles is 1. The van der Waals surface area contributed by atoms with Crippen molar-refractivity contribution in [1.29, 1.82) is 5.26 Å². The quantitative estimate of drug-likeness (QED) is 0.338. The van der Waals surface area contributed by atoms with E-state index in [-0.39, 0.29) is 10.7 Å². The van der Waals surface area contributed by atoms with Crippen LogP contribution in [-0.2, 0) is 10.7 Å². The summed E-state index contributed by atoms with van der Waals surface area (Å²) in [5.74, 6) is 1.17. The first-order valence-corrected chi connectivity index (χ1v) is 14.2. The average Bonchev–Trinajstić information content (AvgIpc) is 3.45. The summed E-state index contributed by atoms with van der Waals surface area (Å²) in [6.45, 7) is 0. The topological polar surface area (TPSA) is 61.9 Å². The van der Waals surface area contributed by atoms with Crippen molar-refractivity contribution in [2.45, 2.75) is 60.9 Å². The molecule has 0 bridgehead atoms. The Hall–Kier alpha value is -1.13. The van der Waals surface area contributed by atoms with E-state index in [9.17, 15) is 0 Å². The lowest BCUT2D eigenvalue weighted by molar-refractivity contribution is 0.730. The molecular formula is C23H28Cl2N4S2. The van der Waals surface area contributed by atoms with E-state index < -0.39 is 0 Å². The lowest BCUT2D eigenvalue weighted by Crippen LogP contribution is -2.17. The molecule has 2 aromatic heterocycles. The van der Waals surface area contributed by atoms with Gasteiger partial charge in [0.1, 0.15) is 10.3 Å². The van der Waals surface area contributed by atoms with Gasteiger partial charge < -0.3 is 0 Å². The molecule has 166 valence electrons. The summed E-state index contributed by atoms with van der Waals surface area (Å²) in [6, 6.07) is 7.89. The third-order valence-corrected chi connectivity index (χ3v) is 9.61. The smallest absolute Gasteiger partial charge is 0.212 e. The molecule has 2 aromatic rings. The third-order valence-electron chi connectivity index (χ3n) is 6.19. The number of halogens is 2. The maximum atomic E-state index is 8.65. The van der Waals surface area contributed by atoms with Crippen molar-refractivity contribution in [3.05, 3.63) is 58.1 Å². The Morgan fingerprint density at radius 3 is 2.10 bits per heavy atom. The van der Waals surface area contributed by atoms with Crippen LogP contribution in [0.3, 0.4) is 0 Å². The van der Waals surface area contributed by atoms with Crippen LogP contribution >= 0.6 is 35.0 Å². The van der Waals surface area contributed by atoms with Crippen LogP contribution < -0.4 is 0 Å². The zero-order chi connectivity index (χ0) is 22.2. The van der Waals surface area contributed by atoms with E-state index >= 15 is 0 Å². The molecule has 0 aliphatic heterocycles. The van der Waals surface area contributed by atoms with Gasteiger partial charge in [0.2, 0.25) is 6.19 Å². The number of hydrogen-bond donors (Lipinski definition) is 0. The van der Waals surface area contributed by atoms with Crippen LogP contribution in [0.4, 0.5) is 0 Å². The highest BCUT2D eigenvalue weighted by Crippen LogP contribution is 2.40. The van der Waals surface area contributed by atoms with Gasteiger partial charge in [-0.25, -0.2) is 9.97 Å². The minimum absolute atomic E-state index is 0.178. The molecule has 0 N–H and O–H groups in total. The minimum Gasteiger partial charge on any atom is -0.244 e. The van der Waals surface area contributed by atoms with Crippen LogP contribution in [0.25, 0.3) is 0 Å². The predicted molar refractivity (Wildman–Crippen MR) is 134 cm³/mol. The fraction of sp³-hybridized carbons (Fsp3) is 0.522. The normalized spacial score (nSPS) is 26.2. The Balaban J connectivity index is 0.000000179. The van der Waals surface area contributed by atoms with Gasteiger partial charge in [-0.2, -0.15) is 21.4 Å². The van der Waals surface area contributed by atoms with Crippen LogP contribution in [-0.4, -0.2) is 33.0 Å². The van der Waals surface area contributed by atoms with Crippen LogP contribution in [0.1, 0.15) is 61.5 Å². The molecule has 2 aliphatic carbocycles. The standard InChI is InChI=1S/C12H14ClN3S.C11H14ClNS/c1-17(16-8-14)11-4-2-3-10(11)9-5-6-12(13)15-7-9;1-14-10-4-2-3-9(10)8-5-6-11(12)13-7-8/h5-7,10-11H,2-4H2,1H3;5-7,9-10H,2-4H2,1H3/t10-,11-,17?;9-,10-/m11/s1. The van der Waals surface area contributed by atoms with Gasteiger partial charge >= 0.3 is 0 Å². The minimum atomic E-state index is -0.178. The van der Waals surface area contributed by atoms with Gasteiger partial charge in [-0.1, -0.05) is 58.9 Å². The predicted octanol–water partition coefficient (Wildman–Crippen LogP) is 7.02. The number of hydrogen-bond acceptors (Lipinski definition) is 5. The Morgan fingerprint density at radius 1 is 0.968 bits per heavy atom. The lowest BCUT2D eigenvalue weighted by Gasteiger charge is -2.19. The molecule has 0 radical (unpaired) electrons. The summed E-state index contributed by atoms with van der Waals surface area (Å²) < 4.78 is 3.99. The molecule has 0 spiro atoms. The van der Waals surface area contributed by atoms with Crippen LogP contribution in [0, 0.1) is 11.5 Å². The third kappa shape index (κ3) is 6.68. The van der Waals surface area contributed by atoms with Gasteiger partial charge in [0.25, 0.3) is 0 Å². The molecular weight excluding hydrogens is 467 g/mol. The van der Waals surface area contributed by atoms with Crippen molar-refractivity contribution in [3.8, 4) is 6.19 Å². The Bertz CT molecular complexity index is 913. The Labute approximate surface area is 202 Å². The molecule has 2 heterocycles. The van der Waals surface area contributed by atoms with E-state index in [1.54, 1.807) is 0 Å². The maximum Gasteiger partial charge on any atom is 0.212 e. The second-order valence-electron chi connectivity index (χ2n) is 7.93. The number of pyridine rings is 2. The van der Waals surface area contributed by atoms with E-state index in [0.29, 0.717) is 27.4 Å². The number of thioether (sulfide) groups is 1. The molecule has 0 amide bonds. The van der Waals surface area contributed by atoms with Crippen molar-refractivity contribution in [1.82, 2.24) is 9.97 Å². The Morgan fingerprint density at radius 2 is 1.55 bits per heavy atom. The van der Waals surface area contributed by atoms with Gasteiger partial charge in [-0.15, -0.1) is 0 Å². The van der Waals surface area contributed by atoms with Crippen molar-refractivity contribution >= 4 is 45.7 Å². The van der Waals surface area contributed by atoms with Crippen LogP contribution in [0.2, 0.25) is 10.3 Å². The van der Waals surface area contributed by atoms with Crippen molar-refractivity contribution in [2.75, 3.05) is 12.5 Å². The number of aromatic nitrogens is 2. The second kappa shape index (κ2) is 12.2. The first-order valence-electron chi connectivity index (χ1n) is 10.5. The molecule has 0 aromatic carbocycles. The van der Waals surface area contributed by atoms with E-state index in [1.165, 1.54) is 36.8 Å². The maximum absolute atomic E-state index is 8.65. The molecule has 2 fully saturated rings. The van der Waals surface area contributed by atoms with Gasteiger partial charge in [-0.05, 0) is 73.3 Å². The summed E-state index contributed by atoms with van der Waals surface area (Å²) in [5.41, 5.74) is 2.58. The van der Waals surface area contributed by atoms with E-state index in [2.05, 4.69) is 32.9 Å². The Kier molecular flexibility index (Phi) is 9.65. The SMILES string of the molecule is CS(=NC#N)[C@@H]1CCC[C@@H]1c1ccc(Cl)nc1.CS[C@@H]1CCC[C@@H]1c1ccc(Cl)nc1. The molecule has 0 saturated heterocycles. The van der Waals surface area contributed by atoms with Crippen molar-refractivity contribution in [3.63, 3.8) is 0 Å². The molecule has 4 nitrogen and oxygen atoms in total. The number of nitrogens with zero attached hydrogens (tertiary/aromatic N) is 4. The molecule has 1 unspecified atom stereocenters. The summed E-state index contributed by atoms with van der Waals surface area (Å²) in [4.78, 5) is 8.28. The van der Waals surface area contributed by atoms with Gasteiger partial charge in [0.15, 0.2) is 0 Å². The van der Waals surface area contributed by atoms with Gasteiger partial charge in [0.05, 0.1) is 0 Å². The summed E-state index contributed by atoms with van der Waals surface area (Å²) in [6.07, 6.45) is 17.5. The fourth-order valence-corrected chi connectivity index (χ4v) is 7.44. The number of rotatable bonds is 4. The zero-order valence-corrected chi connectivity index (χ0v) is 21.0. The summed E-state index contributed by atoms with van der Waals surface area (Å²) in [5, 5.41) is 11.0. The zero-order valence-electron chi connectivity index (χ0n) is 17.9. The molecule has 31 heavy (non-hydrogen) atoms. The van der Waals surface area contributed by atoms with Crippen molar-refractivity contribution in [2.24, 2.45) is 4.36 Å². The molecule has 8 heteroatoms. The van der Waals surface area contributed by atoms with Gasteiger partial charge in [0, 0.05) is 22.9 Å². The lowest BCUT2D eigenvalue weighted by atomic mass is 9.99. The first kappa shape index (κ1) is 24.5. The van der Waals surface area contributed by atoms with Gasteiger partial charge in [-0.3, -0.25) is 0 Å². The van der Waals surface area contributed by atoms with Crippen LogP contribution in [0.5, 0.6) is 0 Å². The fourth-order valence-electron chi connectivity index (χ4n) is 4.65. The molecule has 4 rings (SSSR count). The largest absolute Gasteiger partial charge is 0.244 e. The highest BCUT2D eigenvalue weighted by Gasteiger charge is 2.30. The van der Waals surface area contributed by atoms with Crippen LogP contribution in [0.15, 0.2) is 41.0 Å². The molecule has 2 saturated carbocycles. The highest BCUT2D eigenvalue weighted by molar-refractivity contribution is 7.99. The summed E-state index contributed by atoms with van der Waals surface area (Å²) >= 11 is 13.5.